The molecule has 0 aliphatic heterocycles. The Morgan fingerprint density at radius 3 is 1.89 bits per heavy atom. The standard InChI is InChI=1S/C27H27N5O17S5.3Na/c1-41-23-14-18(54(39,40)12-10-43-52-49-46-36)5-8-22(23)30-32-26-24(50-47-44-34)15-20-19(27(26)33)6-7-21(28)25(20)31-29-16-3-2-4-17(13-16)53(37,38)11-9-42-51-48-45-35;;;/h2-8,13-15,33-36H,9-12,28H2,1H3;;;/q;3*+1/p-3. The summed E-state index contributed by atoms with van der Waals surface area (Å²) in [5.41, 5.74) is 6.25. The molecule has 57 heavy (non-hydrogen) atoms. The fourth-order valence-electron chi connectivity index (χ4n) is 4.28. The molecule has 0 fully saturated rings. The van der Waals surface area contributed by atoms with Crippen LogP contribution in [0.2, 0.25) is 0 Å². The van der Waals surface area contributed by atoms with E-state index in [2.05, 4.69) is 48.6 Å². The van der Waals surface area contributed by atoms with Gasteiger partial charge in [-0.25, -0.2) is 16.8 Å². The number of hydrogen-bond donors (Lipinski definition) is 2. The van der Waals surface area contributed by atoms with E-state index in [1.807, 2.05) is 0 Å². The number of fused-ring (bicyclic) bond motifs is 1. The van der Waals surface area contributed by atoms with Crippen molar-refractivity contribution in [3.05, 3.63) is 60.7 Å². The first-order valence-corrected chi connectivity index (χ1v) is 19.6. The number of phenolic OH excluding ortho intramolecular Hbond substituents is 1. The summed E-state index contributed by atoms with van der Waals surface area (Å²) in [5, 5.41) is 68.3. The molecule has 0 aliphatic rings. The summed E-state index contributed by atoms with van der Waals surface area (Å²) in [6, 6.07) is 13.4. The Balaban J connectivity index is 0.00000541. The Morgan fingerprint density at radius 1 is 0.702 bits per heavy atom. The monoisotopic (exact) mass is 919 g/mol. The van der Waals surface area contributed by atoms with Crippen LogP contribution in [0.25, 0.3) is 10.8 Å². The zero-order valence-electron chi connectivity index (χ0n) is 30.0. The molecule has 3 N–H and O–H groups in total. The molecule has 30 heteroatoms. The first kappa shape index (κ1) is 54.3. The van der Waals surface area contributed by atoms with Gasteiger partial charge in [0.05, 0.1) is 69.9 Å². The van der Waals surface area contributed by atoms with E-state index in [9.17, 15) is 37.7 Å². The Labute approximate surface area is 403 Å². The van der Waals surface area contributed by atoms with Gasteiger partial charge < -0.3 is 31.3 Å². The van der Waals surface area contributed by atoms with Gasteiger partial charge in [0.2, 0.25) is 0 Å². The molecule has 0 unspecified atom stereocenters. The molecule has 0 spiro atoms. The SMILES string of the molecule is COc1cc(S(=O)(=O)CCOSOO[O-])ccc1N=Nc1c(SOO[O-])cc2c(N=Nc3cccc(S(=O)(=O)CCOSOO[O-])c3)c(N)ccc2c1O.[Na+].[Na+].[Na+]. The minimum atomic E-state index is -3.90. The maximum absolute atomic E-state index is 12.8. The molecule has 0 heterocycles. The van der Waals surface area contributed by atoms with Crippen LogP contribution in [0.3, 0.4) is 0 Å². The smallest absolute Gasteiger partial charge is 0.691 e. The van der Waals surface area contributed by atoms with E-state index in [0.717, 1.165) is 0 Å². The average molecular weight is 920 g/mol. The second-order valence-corrected chi connectivity index (χ2v) is 15.8. The Morgan fingerprint density at radius 2 is 1.30 bits per heavy atom. The summed E-state index contributed by atoms with van der Waals surface area (Å²) in [6.45, 7) is -0.680. The predicted octanol–water partition coefficient (Wildman–Crippen LogP) is -5.64. The molecule has 22 nitrogen and oxygen atoms in total. The molecule has 0 aliphatic carbocycles. The molecule has 4 rings (SSSR count). The summed E-state index contributed by atoms with van der Waals surface area (Å²) < 4.78 is 78.2. The number of nitrogens with two attached hydrogens (primary N) is 1. The second kappa shape index (κ2) is 27.2. The van der Waals surface area contributed by atoms with Gasteiger partial charge in [-0.2, -0.15) is 9.45 Å². The molecule has 4 aromatic carbocycles. The topological polar surface area (TPSA) is 316 Å². The average Bonchev–Trinajstić information content (AvgIpc) is 3.16. The largest absolute Gasteiger partial charge is 1.00 e. The van der Waals surface area contributed by atoms with Crippen molar-refractivity contribution in [2.75, 3.05) is 37.6 Å². The summed E-state index contributed by atoms with van der Waals surface area (Å²) >= 11 is 0.688. The van der Waals surface area contributed by atoms with Crippen molar-refractivity contribution >= 4 is 95.6 Å². The van der Waals surface area contributed by atoms with Crippen LogP contribution in [0.1, 0.15) is 0 Å². The fourth-order valence-corrected chi connectivity index (χ4v) is 7.63. The van der Waals surface area contributed by atoms with Crippen LogP contribution < -0.4 is 115 Å². The van der Waals surface area contributed by atoms with E-state index in [0.29, 0.717) is 12.0 Å². The maximum Gasteiger partial charge on any atom is 1.00 e. The summed E-state index contributed by atoms with van der Waals surface area (Å²) in [4.78, 5) is -0.295. The van der Waals surface area contributed by atoms with Gasteiger partial charge in [-0.3, -0.25) is 23.5 Å². The van der Waals surface area contributed by atoms with Gasteiger partial charge in [-0.15, -0.1) is 24.0 Å². The molecule has 0 amide bonds. The van der Waals surface area contributed by atoms with Gasteiger partial charge >= 0.3 is 88.7 Å². The van der Waals surface area contributed by atoms with Crippen molar-refractivity contribution in [3.8, 4) is 11.5 Å². The van der Waals surface area contributed by atoms with Crippen LogP contribution in [-0.2, 0) is 56.2 Å². The molecule has 0 atom stereocenters. The minimum absolute atomic E-state index is 0. The normalized spacial score (nSPS) is 11.7. The number of benzene rings is 4. The van der Waals surface area contributed by atoms with Gasteiger partial charge in [0.1, 0.15) is 22.8 Å². The van der Waals surface area contributed by atoms with Gasteiger partial charge in [0, 0.05) is 16.8 Å². The van der Waals surface area contributed by atoms with Gasteiger partial charge in [-0.05, 0) is 48.5 Å². The summed E-state index contributed by atoms with van der Waals surface area (Å²) in [5.74, 6) is -1.46. The summed E-state index contributed by atoms with van der Waals surface area (Å²) in [6.07, 6.45) is 0. The molecule has 0 bridgehead atoms. The second-order valence-electron chi connectivity index (χ2n) is 9.81. The number of hydrogen-bond acceptors (Lipinski definition) is 25. The molecule has 0 radical (unpaired) electrons. The van der Waals surface area contributed by atoms with Crippen molar-refractivity contribution in [2.45, 2.75) is 14.7 Å². The van der Waals surface area contributed by atoms with Crippen LogP contribution >= 0.6 is 36.7 Å². The molecular weight excluding hydrogens is 896 g/mol. The van der Waals surface area contributed by atoms with Crippen molar-refractivity contribution in [2.24, 2.45) is 20.5 Å². The third-order valence-electron chi connectivity index (χ3n) is 6.68. The van der Waals surface area contributed by atoms with Crippen LogP contribution in [-0.4, -0.2) is 53.8 Å². The summed E-state index contributed by atoms with van der Waals surface area (Å²) in [7, 11) is -6.51. The van der Waals surface area contributed by atoms with E-state index in [4.69, 9.17) is 18.8 Å². The molecule has 292 valence electrons. The first-order chi connectivity index (χ1) is 25.9. The number of sulfone groups is 2. The number of azo groups is 2. The predicted molar refractivity (Wildman–Crippen MR) is 181 cm³/mol. The van der Waals surface area contributed by atoms with E-state index in [1.54, 1.807) is 0 Å². The van der Waals surface area contributed by atoms with E-state index in [-0.39, 0.29) is 186 Å². The van der Waals surface area contributed by atoms with Crippen molar-refractivity contribution in [1.82, 2.24) is 0 Å². The third kappa shape index (κ3) is 15.9. The van der Waals surface area contributed by atoms with Gasteiger partial charge in [0.25, 0.3) is 0 Å². The number of rotatable bonds is 22. The number of methoxy groups -OCH3 is 1. The van der Waals surface area contributed by atoms with Gasteiger partial charge in [0.15, 0.2) is 50.1 Å². The molecule has 0 saturated heterocycles. The molecular formula is C27H24N5Na3O17S5. The van der Waals surface area contributed by atoms with Crippen LogP contribution in [0, 0.1) is 0 Å². The van der Waals surface area contributed by atoms with E-state index >= 15 is 0 Å². The molecule has 0 aromatic heterocycles. The number of aromatic hydroxyl groups is 1. The van der Waals surface area contributed by atoms with Crippen molar-refractivity contribution in [3.63, 3.8) is 0 Å². The molecule has 4 aromatic rings. The van der Waals surface area contributed by atoms with Crippen molar-refractivity contribution in [1.29, 1.82) is 0 Å². The molecule has 0 saturated carbocycles. The minimum Gasteiger partial charge on any atom is -0.691 e. The van der Waals surface area contributed by atoms with Crippen LogP contribution in [0.4, 0.5) is 28.4 Å². The number of ether oxygens (including phenoxy) is 1. The Hall–Kier alpha value is -0.750. The van der Waals surface area contributed by atoms with Crippen LogP contribution in [0.15, 0.2) is 95.8 Å². The van der Waals surface area contributed by atoms with E-state index < -0.39 is 36.9 Å². The maximum atomic E-state index is 12.8. The Kier molecular flexibility index (Phi) is 25.9. The number of anilines is 1. The van der Waals surface area contributed by atoms with Crippen molar-refractivity contribution < 1.29 is 168 Å². The fraction of sp³-hybridized carbons (Fsp3) is 0.185. The number of nitrogen functional groups attached to an aromatic ring is 1. The zero-order valence-corrected chi connectivity index (χ0v) is 40.1. The van der Waals surface area contributed by atoms with Gasteiger partial charge in [-0.1, -0.05) is 6.07 Å². The number of nitrogens with zero attached hydrogens (tertiary/aromatic N) is 4. The van der Waals surface area contributed by atoms with E-state index in [1.165, 1.54) is 67.8 Å². The number of phenols is 1. The van der Waals surface area contributed by atoms with Crippen LogP contribution in [0.5, 0.6) is 11.5 Å². The Bertz CT molecular complexity index is 2200. The third-order valence-corrected chi connectivity index (χ3v) is 11.4. The zero-order chi connectivity index (χ0) is 39.1. The first-order valence-electron chi connectivity index (χ1n) is 14.2. The quantitative estimate of drug-likeness (QED) is 0.0141.